The van der Waals surface area contributed by atoms with Crippen LogP contribution in [0.4, 0.5) is 0 Å². The molecular weight excluding hydrogens is 292 g/mol. The maximum Gasteiger partial charge on any atom is 0.335 e. The molecule has 2 aromatic rings. The predicted octanol–water partition coefficient (Wildman–Crippen LogP) is 2.87. The quantitative estimate of drug-likeness (QED) is 0.890. The van der Waals surface area contributed by atoms with Crippen molar-refractivity contribution in [3.8, 4) is 0 Å². The van der Waals surface area contributed by atoms with E-state index < -0.39 is 5.97 Å². The first-order valence-corrected chi connectivity index (χ1v) is 7.53. The molecule has 2 rings (SSSR count). The molecule has 1 aromatic heterocycles. The summed E-state index contributed by atoms with van der Waals surface area (Å²) in [7, 11) is 1.73. The van der Waals surface area contributed by atoms with Crippen LogP contribution in [0.3, 0.4) is 0 Å². The first-order valence-electron chi connectivity index (χ1n) is 7.53. The van der Waals surface area contributed by atoms with Crippen LogP contribution in [-0.2, 0) is 6.42 Å². The van der Waals surface area contributed by atoms with Gasteiger partial charge in [0.15, 0.2) is 0 Å². The first kappa shape index (κ1) is 16.7. The number of likely N-dealkylation sites (N-methyl/N-ethyl adjacent to an activating group) is 1. The van der Waals surface area contributed by atoms with Crippen molar-refractivity contribution in [2.45, 2.75) is 25.8 Å². The molecule has 0 aliphatic rings. The van der Waals surface area contributed by atoms with Crippen molar-refractivity contribution >= 4 is 11.9 Å². The van der Waals surface area contributed by atoms with E-state index in [1.807, 2.05) is 37.3 Å². The molecule has 1 heterocycles. The Balaban J connectivity index is 2.16. The summed E-state index contributed by atoms with van der Waals surface area (Å²) in [4.78, 5) is 29.3. The Labute approximate surface area is 135 Å². The predicted molar refractivity (Wildman–Crippen MR) is 87.5 cm³/mol. The third-order valence-electron chi connectivity index (χ3n) is 3.88. The summed E-state index contributed by atoms with van der Waals surface area (Å²) in [6.07, 6.45) is 2.90. The van der Waals surface area contributed by atoms with Crippen molar-refractivity contribution < 1.29 is 14.7 Å². The first-order chi connectivity index (χ1) is 11.0. The van der Waals surface area contributed by atoms with Crippen LogP contribution in [0.2, 0.25) is 0 Å². The third-order valence-corrected chi connectivity index (χ3v) is 3.88. The van der Waals surface area contributed by atoms with Crippen LogP contribution in [-0.4, -0.2) is 40.0 Å². The normalized spacial score (nSPS) is 11.7. The molecule has 1 atom stereocenters. The van der Waals surface area contributed by atoms with E-state index in [9.17, 15) is 9.59 Å². The van der Waals surface area contributed by atoms with Crippen molar-refractivity contribution in [2.24, 2.45) is 0 Å². The average Bonchev–Trinajstić information content (AvgIpc) is 2.59. The molecule has 5 heteroatoms. The van der Waals surface area contributed by atoms with E-state index in [0.29, 0.717) is 0 Å². The Hall–Kier alpha value is -2.69. The summed E-state index contributed by atoms with van der Waals surface area (Å²) in [6.45, 7) is 2.03. The molecule has 1 N–H and O–H groups in total. The molecule has 1 unspecified atom stereocenters. The lowest BCUT2D eigenvalue weighted by atomic mass is 10.0. The molecular formula is C18H20N2O3. The van der Waals surface area contributed by atoms with Gasteiger partial charge in [0.25, 0.3) is 5.91 Å². The zero-order valence-electron chi connectivity index (χ0n) is 13.3. The number of hydrogen-bond acceptors (Lipinski definition) is 3. The van der Waals surface area contributed by atoms with Gasteiger partial charge in [0.05, 0.1) is 5.56 Å². The van der Waals surface area contributed by atoms with Crippen LogP contribution >= 0.6 is 0 Å². The molecule has 120 valence electrons. The Morgan fingerprint density at radius 2 is 1.91 bits per heavy atom. The van der Waals surface area contributed by atoms with E-state index in [-0.39, 0.29) is 23.2 Å². The number of aromatic nitrogens is 1. The molecule has 0 fully saturated rings. The lowest BCUT2D eigenvalue weighted by Crippen LogP contribution is -2.38. The van der Waals surface area contributed by atoms with Crippen LogP contribution in [0.1, 0.15) is 39.8 Å². The lowest BCUT2D eigenvalue weighted by molar-refractivity contribution is 0.0696. The molecule has 0 aliphatic heterocycles. The summed E-state index contributed by atoms with van der Waals surface area (Å²) in [5.41, 5.74) is 1.37. The Kier molecular flexibility index (Phi) is 5.46. The SMILES string of the molecule is CCC(Cc1ccccc1)N(C)C(=O)c1cc(C(=O)O)ccn1. The number of carboxylic acids is 1. The molecule has 0 spiro atoms. The van der Waals surface area contributed by atoms with E-state index in [0.717, 1.165) is 18.4 Å². The highest BCUT2D eigenvalue weighted by Gasteiger charge is 2.21. The largest absolute Gasteiger partial charge is 0.478 e. The maximum atomic E-state index is 12.6. The minimum Gasteiger partial charge on any atom is -0.478 e. The summed E-state index contributed by atoms with van der Waals surface area (Å²) >= 11 is 0. The molecule has 0 radical (unpaired) electrons. The number of hydrogen-bond donors (Lipinski definition) is 1. The fourth-order valence-electron chi connectivity index (χ4n) is 2.47. The fraction of sp³-hybridized carbons (Fsp3) is 0.278. The van der Waals surface area contributed by atoms with Gasteiger partial charge in [0.2, 0.25) is 0 Å². The number of pyridine rings is 1. The highest BCUT2D eigenvalue weighted by Crippen LogP contribution is 2.14. The van der Waals surface area contributed by atoms with Gasteiger partial charge in [-0.3, -0.25) is 9.78 Å². The van der Waals surface area contributed by atoms with Gasteiger partial charge in [0.1, 0.15) is 5.69 Å². The minimum atomic E-state index is -1.07. The van der Waals surface area contributed by atoms with E-state index in [1.54, 1.807) is 11.9 Å². The van der Waals surface area contributed by atoms with E-state index in [2.05, 4.69) is 4.98 Å². The second-order valence-corrected chi connectivity index (χ2v) is 5.40. The van der Waals surface area contributed by atoms with Gasteiger partial charge in [-0.05, 0) is 30.5 Å². The number of carbonyl (C=O) groups excluding carboxylic acids is 1. The Bertz CT molecular complexity index is 686. The van der Waals surface area contributed by atoms with Crippen LogP contribution in [0.15, 0.2) is 48.7 Å². The fourth-order valence-corrected chi connectivity index (χ4v) is 2.47. The minimum absolute atomic E-state index is 0.0279. The molecule has 5 nitrogen and oxygen atoms in total. The smallest absolute Gasteiger partial charge is 0.335 e. The number of carbonyl (C=O) groups is 2. The van der Waals surface area contributed by atoms with Crippen LogP contribution in [0, 0.1) is 0 Å². The average molecular weight is 312 g/mol. The summed E-state index contributed by atoms with van der Waals surface area (Å²) in [6, 6.07) is 12.7. The summed E-state index contributed by atoms with van der Waals surface area (Å²) < 4.78 is 0. The number of carboxylic acid groups (broad SMARTS) is 1. The van der Waals surface area contributed by atoms with Gasteiger partial charge in [0, 0.05) is 19.3 Å². The second-order valence-electron chi connectivity index (χ2n) is 5.40. The number of rotatable bonds is 6. The third kappa shape index (κ3) is 4.16. The standard InChI is InChI=1S/C18H20N2O3/c1-3-15(11-13-7-5-4-6-8-13)20(2)17(21)16-12-14(18(22)23)9-10-19-16/h4-10,12,15H,3,11H2,1-2H3,(H,22,23). The van der Waals surface area contributed by atoms with E-state index in [4.69, 9.17) is 5.11 Å². The van der Waals surface area contributed by atoms with Gasteiger partial charge in [-0.2, -0.15) is 0 Å². The number of nitrogens with zero attached hydrogens (tertiary/aromatic N) is 2. The van der Waals surface area contributed by atoms with Crippen molar-refractivity contribution in [2.75, 3.05) is 7.05 Å². The highest BCUT2D eigenvalue weighted by molar-refractivity contribution is 5.95. The zero-order chi connectivity index (χ0) is 16.8. The van der Waals surface area contributed by atoms with Crippen molar-refractivity contribution in [3.05, 3.63) is 65.5 Å². The summed E-state index contributed by atoms with van der Waals surface area (Å²) in [5, 5.41) is 9.03. The molecule has 1 aromatic carbocycles. The summed E-state index contributed by atoms with van der Waals surface area (Å²) in [5.74, 6) is -1.34. The number of amides is 1. The van der Waals surface area contributed by atoms with Gasteiger partial charge in [-0.25, -0.2) is 4.79 Å². The number of benzene rings is 1. The second kappa shape index (κ2) is 7.54. The molecule has 0 saturated heterocycles. The maximum absolute atomic E-state index is 12.6. The molecule has 1 amide bonds. The van der Waals surface area contributed by atoms with Crippen LogP contribution in [0.25, 0.3) is 0 Å². The van der Waals surface area contributed by atoms with Crippen molar-refractivity contribution in [3.63, 3.8) is 0 Å². The van der Waals surface area contributed by atoms with Crippen molar-refractivity contribution in [1.29, 1.82) is 0 Å². The lowest BCUT2D eigenvalue weighted by Gasteiger charge is -2.27. The van der Waals surface area contributed by atoms with Crippen LogP contribution in [0.5, 0.6) is 0 Å². The van der Waals surface area contributed by atoms with E-state index >= 15 is 0 Å². The van der Waals surface area contributed by atoms with Gasteiger partial charge >= 0.3 is 5.97 Å². The highest BCUT2D eigenvalue weighted by atomic mass is 16.4. The number of aromatic carboxylic acids is 1. The Morgan fingerprint density at radius 1 is 1.22 bits per heavy atom. The zero-order valence-corrected chi connectivity index (χ0v) is 13.3. The van der Waals surface area contributed by atoms with Gasteiger partial charge < -0.3 is 10.0 Å². The van der Waals surface area contributed by atoms with E-state index in [1.165, 1.54) is 18.3 Å². The van der Waals surface area contributed by atoms with Crippen LogP contribution < -0.4 is 0 Å². The molecule has 0 saturated carbocycles. The van der Waals surface area contributed by atoms with Crippen molar-refractivity contribution in [1.82, 2.24) is 9.88 Å². The molecule has 0 bridgehead atoms. The molecule has 0 aliphatic carbocycles. The topological polar surface area (TPSA) is 70.5 Å². The van der Waals surface area contributed by atoms with Gasteiger partial charge in [-0.15, -0.1) is 0 Å². The Morgan fingerprint density at radius 3 is 2.52 bits per heavy atom. The van der Waals surface area contributed by atoms with Gasteiger partial charge in [-0.1, -0.05) is 37.3 Å². The monoisotopic (exact) mass is 312 g/mol. The molecule has 23 heavy (non-hydrogen) atoms.